The molecule has 2 saturated heterocycles. The van der Waals surface area contributed by atoms with Crippen LogP contribution in [0, 0.1) is 0 Å². The standard InChI is InChI=1S/C10H18N2OS.ClH/c13-10(9-4-2-6-14-9)12-8-3-1-5-11-7-8;/h8-9,11H,1-7H2,(H,12,13);1H. The topological polar surface area (TPSA) is 41.1 Å². The van der Waals surface area contributed by atoms with E-state index in [1.54, 1.807) is 11.8 Å². The third-order valence-electron chi connectivity index (χ3n) is 2.87. The summed E-state index contributed by atoms with van der Waals surface area (Å²) in [7, 11) is 0. The van der Waals surface area contributed by atoms with Gasteiger partial charge in [0.1, 0.15) is 0 Å². The Labute approximate surface area is 102 Å². The molecule has 88 valence electrons. The molecular formula is C10H19ClN2OS. The fourth-order valence-electron chi connectivity index (χ4n) is 2.05. The highest BCUT2D eigenvalue weighted by Gasteiger charge is 2.25. The van der Waals surface area contributed by atoms with Gasteiger partial charge in [0.2, 0.25) is 5.91 Å². The molecule has 0 aromatic carbocycles. The van der Waals surface area contributed by atoms with E-state index in [-0.39, 0.29) is 23.6 Å². The molecule has 0 aromatic rings. The Bertz CT molecular complexity index is 204. The van der Waals surface area contributed by atoms with Gasteiger partial charge < -0.3 is 10.6 Å². The Morgan fingerprint density at radius 2 is 2.20 bits per heavy atom. The molecule has 0 aromatic heterocycles. The first kappa shape index (κ1) is 13.1. The van der Waals surface area contributed by atoms with Crippen LogP contribution in [-0.4, -0.2) is 36.0 Å². The maximum atomic E-state index is 11.8. The highest BCUT2D eigenvalue weighted by Crippen LogP contribution is 2.26. The van der Waals surface area contributed by atoms with Crippen molar-refractivity contribution in [3.05, 3.63) is 0 Å². The number of carbonyl (C=O) groups excluding carboxylic acids is 1. The molecule has 0 bridgehead atoms. The number of hydrogen-bond acceptors (Lipinski definition) is 3. The number of carbonyl (C=O) groups is 1. The number of hydrogen-bond donors (Lipinski definition) is 2. The third-order valence-corrected chi connectivity index (χ3v) is 4.24. The van der Waals surface area contributed by atoms with Gasteiger partial charge in [0, 0.05) is 12.6 Å². The molecule has 2 aliphatic rings. The van der Waals surface area contributed by atoms with Crippen LogP contribution in [0.15, 0.2) is 0 Å². The monoisotopic (exact) mass is 250 g/mol. The van der Waals surface area contributed by atoms with Crippen LogP contribution in [0.2, 0.25) is 0 Å². The summed E-state index contributed by atoms with van der Waals surface area (Å²) in [6, 6.07) is 0.373. The van der Waals surface area contributed by atoms with E-state index >= 15 is 0 Å². The van der Waals surface area contributed by atoms with Crippen LogP contribution < -0.4 is 10.6 Å². The predicted molar refractivity (Wildman–Crippen MR) is 66.8 cm³/mol. The Morgan fingerprint density at radius 1 is 1.33 bits per heavy atom. The maximum absolute atomic E-state index is 11.8. The van der Waals surface area contributed by atoms with E-state index in [0.717, 1.165) is 31.7 Å². The summed E-state index contributed by atoms with van der Waals surface area (Å²) in [5.41, 5.74) is 0. The van der Waals surface area contributed by atoms with Crippen molar-refractivity contribution in [2.45, 2.75) is 37.0 Å². The molecule has 2 fully saturated rings. The number of rotatable bonds is 2. The number of amides is 1. The van der Waals surface area contributed by atoms with Gasteiger partial charge in [-0.1, -0.05) is 0 Å². The van der Waals surface area contributed by atoms with Gasteiger partial charge in [0.05, 0.1) is 5.25 Å². The van der Waals surface area contributed by atoms with E-state index < -0.39 is 0 Å². The lowest BCUT2D eigenvalue weighted by molar-refractivity contribution is -0.121. The minimum absolute atomic E-state index is 0. The van der Waals surface area contributed by atoms with Crippen LogP contribution in [-0.2, 0) is 4.79 Å². The molecule has 2 aliphatic heterocycles. The minimum atomic E-state index is 0. The van der Waals surface area contributed by atoms with Crippen molar-refractivity contribution < 1.29 is 4.79 Å². The molecule has 0 spiro atoms. The lowest BCUT2D eigenvalue weighted by Gasteiger charge is -2.24. The van der Waals surface area contributed by atoms with Crippen molar-refractivity contribution >= 4 is 30.1 Å². The maximum Gasteiger partial charge on any atom is 0.233 e. The Morgan fingerprint density at radius 3 is 2.80 bits per heavy atom. The number of halogens is 1. The molecule has 2 rings (SSSR count). The third kappa shape index (κ3) is 3.85. The van der Waals surface area contributed by atoms with Crippen molar-refractivity contribution in [3.8, 4) is 0 Å². The molecule has 3 nitrogen and oxygen atoms in total. The molecule has 0 radical (unpaired) electrons. The van der Waals surface area contributed by atoms with Crippen molar-refractivity contribution in [1.29, 1.82) is 0 Å². The first-order chi connectivity index (χ1) is 6.86. The van der Waals surface area contributed by atoms with Gasteiger partial charge in [-0.05, 0) is 38.0 Å². The summed E-state index contributed by atoms with van der Waals surface area (Å²) in [6.07, 6.45) is 4.58. The average molecular weight is 251 g/mol. The van der Waals surface area contributed by atoms with E-state index in [0.29, 0.717) is 6.04 Å². The Hall–Kier alpha value is 0.0700. The zero-order valence-corrected chi connectivity index (χ0v) is 10.5. The average Bonchev–Trinajstić information content (AvgIpc) is 2.72. The van der Waals surface area contributed by atoms with E-state index in [2.05, 4.69) is 10.6 Å². The van der Waals surface area contributed by atoms with Gasteiger partial charge in [0.25, 0.3) is 0 Å². The second-order valence-electron chi connectivity index (χ2n) is 4.05. The SMILES string of the molecule is Cl.O=C(NC1CCCNC1)C1CCCS1. The summed E-state index contributed by atoms with van der Waals surface area (Å²) in [5.74, 6) is 1.42. The Balaban J connectivity index is 0.00000112. The van der Waals surface area contributed by atoms with Crippen LogP contribution in [0.5, 0.6) is 0 Å². The van der Waals surface area contributed by atoms with E-state index in [4.69, 9.17) is 0 Å². The molecule has 1 amide bonds. The fourth-order valence-corrected chi connectivity index (χ4v) is 3.22. The van der Waals surface area contributed by atoms with E-state index in [1.807, 2.05) is 0 Å². The summed E-state index contributed by atoms with van der Waals surface area (Å²) in [5, 5.41) is 6.68. The molecule has 2 atom stereocenters. The van der Waals surface area contributed by atoms with Crippen LogP contribution >= 0.6 is 24.2 Å². The zero-order chi connectivity index (χ0) is 9.80. The minimum Gasteiger partial charge on any atom is -0.351 e. The van der Waals surface area contributed by atoms with Crippen LogP contribution in [0.4, 0.5) is 0 Å². The summed E-state index contributed by atoms with van der Waals surface area (Å²) >= 11 is 1.81. The van der Waals surface area contributed by atoms with Crippen LogP contribution in [0.1, 0.15) is 25.7 Å². The normalized spacial score (nSPS) is 30.7. The van der Waals surface area contributed by atoms with Gasteiger partial charge in [-0.15, -0.1) is 24.2 Å². The second-order valence-corrected chi connectivity index (χ2v) is 5.36. The molecular weight excluding hydrogens is 232 g/mol. The van der Waals surface area contributed by atoms with Gasteiger partial charge in [-0.3, -0.25) is 4.79 Å². The summed E-state index contributed by atoms with van der Waals surface area (Å²) in [6.45, 7) is 2.05. The summed E-state index contributed by atoms with van der Waals surface area (Å²) < 4.78 is 0. The molecule has 0 aliphatic carbocycles. The number of piperidine rings is 1. The summed E-state index contributed by atoms with van der Waals surface area (Å²) in [4.78, 5) is 11.8. The van der Waals surface area contributed by atoms with Gasteiger partial charge in [0.15, 0.2) is 0 Å². The smallest absolute Gasteiger partial charge is 0.233 e. The zero-order valence-electron chi connectivity index (χ0n) is 8.83. The highest BCUT2D eigenvalue weighted by atomic mass is 35.5. The quantitative estimate of drug-likeness (QED) is 0.773. The predicted octanol–water partition coefficient (Wildman–Crippen LogP) is 1.17. The first-order valence-electron chi connectivity index (χ1n) is 5.49. The molecule has 5 heteroatoms. The molecule has 2 unspecified atom stereocenters. The van der Waals surface area contributed by atoms with Crippen molar-refractivity contribution in [3.63, 3.8) is 0 Å². The van der Waals surface area contributed by atoms with Crippen LogP contribution in [0.3, 0.4) is 0 Å². The van der Waals surface area contributed by atoms with Crippen molar-refractivity contribution in [2.24, 2.45) is 0 Å². The molecule has 2 N–H and O–H groups in total. The van der Waals surface area contributed by atoms with E-state index in [9.17, 15) is 4.79 Å². The second kappa shape index (κ2) is 6.61. The largest absolute Gasteiger partial charge is 0.351 e. The van der Waals surface area contributed by atoms with Crippen molar-refractivity contribution in [2.75, 3.05) is 18.8 Å². The van der Waals surface area contributed by atoms with Gasteiger partial charge in [-0.25, -0.2) is 0 Å². The van der Waals surface area contributed by atoms with Gasteiger partial charge in [-0.2, -0.15) is 0 Å². The fraction of sp³-hybridized carbons (Fsp3) is 0.900. The molecule has 0 saturated carbocycles. The number of nitrogens with one attached hydrogen (secondary N) is 2. The van der Waals surface area contributed by atoms with E-state index in [1.165, 1.54) is 12.8 Å². The molecule has 2 heterocycles. The van der Waals surface area contributed by atoms with Gasteiger partial charge >= 0.3 is 0 Å². The Kier molecular flexibility index (Phi) is 5.79. The number of thioether (sulfide) groups is 1. The lowest BCUT2D eigenvalue weighted by atomic mass is 10.1. The highest BCUT2D eigenvalue weighted by molar-refractivity contribution is 8.00. The van der Waals surface area contributed by atoms with Crippen LogP contribution in [0.25, 0.3) is 0 Å². The lowest BCUT2D eigenvalue weighted by Crippen LogP contribution is -2.47. The van der Waals surface area contributed by atoms with Crippen molar-refractivity contribution in [1.82, 2.24) is 10.6 Å². The molecule has 15 heavy (non-hydrogen) atoms. The first-order valence-corrected chi connectivity index (χ1v) is 6.54.